The Bertz CT molecular complexity index is 1400. The van der Waals surface area contributed by atoms with Crippen molar-refractivity contribution in [2.75, 3.05) is 33.5 Å². The van der Waals surface area contributed by atoms with Crippen LogP contribution in [0.4, 0.5) is 0 Å². The van der Waals surface area contributed by atoms with Gasteiger partial charge in [-0.25, -0.2) is 4.79 Å². The summed E-state index contributed by atoms with van der Waals surface area (Å²) in [5, 5.41) is 0. The van der Waals surface area contributed by atoms with Crippen molar-refractivity contribution in [2.24, 2.45) is 11.8 Å². The van der Waals surface area contributed by atoms with Crippen LogP contribution in [0.25, 0.3) is 0 Å². The minimum absolute atomic E-state index is 0.0255. The van der Waals surface area contributed by atoms with Crippen molar-refractivity contribution >= 4 is 35.6 Å². The molecule has 2 unspecified atom stereocenters. The van der Waals surface area contributed by atoms with E-state index in [0.29, 0.717) is 71.4 Å². The lowest BCUT2D eigenvalue weighted by Crippen LogP contribution is -2.16. The maximum absolute atomic E-state index is 12.2. The number of cyclic esters (lactones) is 2. The second kappa shape index (κ2) is 30.5. The summed E-state index contributed by atoms with van der Waals surface area (Å²) in [6, 6.07) is 19.1. The first-order valence-electron chi connectivity index (χ1n) is 19.8. The number of rotatable bonds is 20. The summed E-state index contributed by atoms with van der Waals surface area (Å²) < 4.78 is 30.5. The number of methoxy groups -OCH3 is 1. The monoisotopic (exact) mass is 781 g/mol. The molecule has 12 nitrogen and oxygen atoms in total. The van der Waals surface area contributed by atoms with Crippen LogP contribution in [0.2, 0.25) is 0 Å². The van der Waals surface area contributed by atoms with Crippen LogP contribution >= 0.6 is 0 Å². The second-order valence-corrected chi connectivity index (χ2v) is 13.9. The molecule has 0 spiro atoms. The summed E-state index contributed by atoms with van der Waals surface area (Å²) in [5.74, 6) is -0.902. The predicted octanol–water partition coefficient (Wildman–Crippen LogP) is 7.63. The molecule has 2 atom stereocenters. The number of ether oxygens (including phenoxy) is 6. The Hall–Kier alpha value is -4.71. The molecule has 0 amide bonds. The quantitative estimate of drug-likeness (QED) is 0.0561. The highest BCUT2D eigenvalue weighted by atomic mass is 16.5. The minimum Gasteiger partial charge on any atom is -0.466 e. The maximum atomic E-state index is 12.2. The van der Waals surface area contributed by atoms with Crippen LogP contribution in [0.3, 0.4) is 0 Å². The highest BCUT2D eigenvalue weighted by Gasteiger charge is 2.28. The molecule has 0 aliphatic carbocycles. The zero-order valence-electron chi connectivity index (χ0n) is 33.3. The van der Waals surface area contributed by atoms with Crippen LogP contribution in [0, 0.1) is 18.3 Å². The number of hydrogen-bond donors (Lipinski definition) is 0. The number of carbonyl (C=O) groups excluding carboxylic acids is 6. The summed E-state index contributed by atoms with van der Waals surface area (Å²) in [6.07, 6.45) is 11.7. The Labute approximate surface area is 332 Å². The molecule has 2 aromatic carbocycles. The number of Topliss-reactive ketones (excluding diaryl/α,β-unsaturated/α-hetero) is 1. The lowest BCUT2D eigenvalue weighted by molar-refractivity contribution is -0.147. The third kappa shape index (κ3) is 25.4. The molecule has 2 aliphatic heterocycles. The van der Waals surface area contributed by atoms with Gasteiger partial charge in [-0.1, -0.05) is 67.1 Å². The molecule has 0 saturated carbocycles. The fraction of sp³-hybridized carbons (Fsp3) is 0.568. The van der Waals surface area contributed by atoms with E-state index in [4.69, 9.17) is 28.4 Å². The van der Waals surface area contributed by atoms with E-state index in [-0.39, 0.29) is 73.5 Å². The topological polar surface area (TPSA) is 158 Å². The average molecular weight is 782 g/mol. The molecule has 2 heterocycles. The number of ketones is 1. The van der Waals surface area contributed by atoms with E-state index in [1.54, 1.807) is 7.11 Å². The molecule has 12 heteroatoms. The van der Waals surface area contributed by atoms with Gasteiger partial charge in [-0.2, -0.15) is 0 Å². The van der Waals surface area contributed by atoms with Crippen LogP contribution < -0.4 is 0 Å². The third-order valence-corrected chi connectivity index (χ3v) is 8.95. The van der Waals surface area contributed by atoms with E-state index < -0.39 is 0 Å². The molecule has 4 rings (SSSR count). The number of carbonyl (C=O) groups is 6. The van der Waals surface area contributed by atoms with Crippen molar-refractivity contribution in [3.05, 3.63) is 78.2 Å². The van der Waals surface area contributed by atoms with Crippen molar-refractivity contribution in [1.82, 2.24) is 0 Å². The van der Waals surface area contributed by atoms with Crippen molar-refractivity contribution in [3.8, 4) is 0 Å². The number of hydrogen-bond acceptors (Lipinski definition) is 12. The summed E-state index contributed by atoms with van der Waals surface area (Å²) >= 11 is 0. The molecular formula is C44H61O12+. The van der Waals surface area contributed by atoms with Gasteiger partial charge in [0.2, 0.25) is 0 Å². The van der Waals surface area contributed by atoms with Gasteiger partial charge in [0, 0.05) is 45.8 Å². The summed E-state index contributed by atoms with van der Waals surface area (Å²) in [7, 11) is 1.66. The standard InChI is InChI=1S/C23H34O6.C15H17O4.C6H10O2/c1-19(24)12-13-20(14-16-28-22(25)11-7-4-8-15-27-2)17-23(26)29-18-21-9-5-3-6-10-21;16-14-7-6-12(8-9-18-14)10-15(17)19-11-13-4-2-1-3-5-13;7-6-4-2-1-3-5-8-6/h3,5-6,9-10,20H,4,7-8,11-18H2,1-2H3;1-6,12H,7-11H2;1-5H2/q;+1;. The molecule has 56 heavy (non-hydrogen) atoms. The van der Waals surface area contributed by atoms with Gasteiger partial charge in [0.1, 0.15) is 24.9 Å². The van der Waals surface area contributed by atoms with E-state index >= 15 is 0 Å². The Morgan fingerprint density at radius 2 is 1.38 bits per heavy atom. The highest BCUT2D eigenvalue weighted by Crippen LogP contribution is 2.20. The largest absolute Gasteiger partial charge is 0.466 e. The number of unbranched alkanes of at least 4 members (excludes halogenated alkanes) is 2. The van der Waals surface area contributed by atoms with Crippen molar-refractivity contribution < 1.29 is 57.2 Å². The van der Waals surface area contributed by atoms with Crippen LogP contribution in [-0.4, -0.2) is 69.2 Å². The van der Waals surface area contributed by atoms with Crippen molar-refractivity contribution in [1.29, 1.82) is 0 Å². The fourth-order valence-corrected chi connectivity index (χ4v) is 5.66. The molecule has 2 fully saturated rings. The smallest absolute Gasteiger partial charge is 0.351 e. The number of esters is 5. The zero-order valence-corrected chi connectivity index (χ0v) is 33.3. The first kappa shape index (κ1) is 47.4. The Balaban J connectivity index is 0.000000338. The zero-order chi connectivity index (χ0) is 40.6. The highest BCUT2D eigenvalue weighted by molar-refractivity contribution is 5.75. The van der Waals surface area contributed by atoms with Crippen LogP contribution in [-0.2, 0) is 70.4 Å². The van der Waals surface area contributed by atoms with Gasteiger partial charge in [0.25, 0.3) is 0 Å². The normalized spacial score (nSPS) is 15.6. The minimum atomic E-state index is -0.299. The summed E-state index contributed by atoms with van der Waals surface area (Å²) in [6.45, 7) is 4.04. The molecule has 308 valence electrons. The van der Waals surface area contributed by atoms with Gasteiger partial charge in [-0.05, 0) is 68.9 Å². The van der Waals surface area contributed by atoms with E-state index in [9.17, 15) is 28.8 Å². The van der Waals surface area contributed by atoms with Crippen molar-refractivity contribution in [3.63, 3.8) is 0 Å². The van der Waals surface area contributed by atoms with E-state index in [1.165, 1.54) is 6.92 Å². The van der Waals surface area contributed by atoms with Gasteiger partial charge in [-0.15, -0.1) is 0 Å². The summed E-state index contributed by atoms with van der Waals surface area (Å²) in [4.78, 5) is 68.5. The van der Waals surface area contributed by atoms with E-state index in [2.05, 4.69) is 0 Å². The molecule has 2 saturated heterocycles. The lowest BCUT2D eigenvalue weighted by atomic mass is 9.95. The van der Waals surface area contributed by atoms with Crippen LogP contribution in [0.1, 0.15) is 114 Å². The second-order valence-electron chi connectivity index (χ2n) is 13.9. The van der Waals surface area contributed by atoms with Crippen LogP contribution in [0.15, 0.2) is 60.7 Å². The van der Waals surface area contributed by atoms with Crippen molar-refractivity contribution in [2.45, 2.75) is 116 Å². The molecule has 2 aromatic rings. The van der Waals surface area contributed by atoms with Gasteiger partial charge >= 0.3 is 29.8 Å². The molecule has 2 aliphatic rings. The maximum Gasteiger partial charge on any atom is 0.351 e. The first-order valence-corrected chi connectivity index (χ1v) is 19.8. The third-order valence-electron chi connectivity index (χ3n) is 8.95. The number of benzene rings is 2. The van der Waals surface area contributed by atoms with E-state index in [1.807, 2.05) is 67.1 Å². The molecule has 0 aromatic heterocycles. The lowest BCUT2D eigenvalue weighted by Gasteiger charge is -2.16. The predicted molar refractivity (Wildman–Crippen MR) is 208 cm³/mol. The van der Waals surface area contributed by atoms with Gasteiger partial charge in [0.15, 0.2) is 6.42 Å². The molecule has 0 radical (unpaired) electrons. The summed E-state index contributed by atoms with van der Waals surface area (Å²) in [5.41, 5.74) is 1.90. The van der Waals surface area contributed by atoms with Gasteiger partial charge in [0.05, 0.1) is 32.7 Å². The van der Waals surface area contributed by atoms with E-state index in [0.717, 1.165) is 49.7 Å². The van der Waals surface area contributed by atoms with Crippen LogP contribution in [0.5, 0.6) is 0 Å². The fourth-order valence-electron chi connectivity index (χ4n) is 5.66. The van der Waals surface area contributed by atoms with Gasteiger partial charge < -0.3 is 33.2 Å². The molecular weight excluding hydrogens is 720 g/mol. The first-order chi connectivity index (χ1) is 27.1. The molecule has 0 bridgehead atoms. The SMILES string of the molecule is COCCCCCC(=O)OCCC(CCC(C)=O)CC(=O)OCc1ccccc1.O=C1CCCCCO1.O=C1C[CH+]C(CC(=O)OCc2ccccc2)CCO1. The Morgan fingerprint density at radius 1 is 0.714 bits per heavy atom. The Morgan fingerprint density at radius 3 is 2.04 bits per heavy atom. The Kier molecular flexibility index (Phi) is 25.8. The molecule has 0 N–H and O–H groups in total. The van der Waals surface area contributed by atoms with Gasteiger partial charge in [-0.3, -0.25) is 19.2 Å². The average Bonchev–Trinajstić information content (AvgIpc) is 3.57.